The number of ether oxygens (including phenoxy) is 2. The van der Waals surface area contributed by atoms with Gasteiger partial charge in [0.2, 0.25) is 0 Å². The van der Waals surface area contributed by atoms with E-state index in [9.17, 15) is 0 Å². The Bertz CT molecular complexity index is 199. The molecular formula is C8H10O2S2. The minimum absolute atomic E-state index is 0.675. The normalized spacial score (nSPS) is 23.3. The van der Waals surface area contributed by atoms with Gasteiger partial charge in [-0.25, -0.2) is 0 Å². The molecule has 66 valence electrons. The second-order valence-corrected chi connectivity index (χ2v) is 4.52. The molecule has 2 aliphatic rings. The summed E-state index contributed by atoms with van der Waals surface area (Å²) in [5.74, 6) is 3.26. The molecule has 4 heteroatoms. The molecule has 0 saturated heterocycles. The first-order chi connectivity index (χ1) is 5.97. The highest BCUT2D eigenvalue weighted by Gasteiger charge is 2.13. The standard InChI is InChI=1S/C8H10O2S2/c1-2-10-7(5-9-1)8-6-11-3-4-12-8/h5-6H,1-4H2. The molecule has 0 saturated carbocycles. The van der Waals surface area contributed by atoms with Gasteiger partial charge in [-0.3, -0.25) is 0 Å². The number of thioether (sulfide) groups is 2. The summed E-state index contributed by atoms with van der Waals surface area (Å²) >= 11 is 3.67. The largest absolute Gasteiger partial charge is 0.494 e. The quantitative estimate of drug-likeness (QED) is 0.648. The van der Waals surface area contributed by atoms with Crippen molar-refractivity contribution in [2.75, 3.05) is 24.7 Å². The lowest BCUT2D eigenvalue weighted by Crippen LogP contribution is -2.09. The molecule has 0 N–H and O–H groups in total. The van der Waals surface area contributed by atoms with E-state index in [2.05, 4.69) is 5.41 Å². The number of hydrogen-bond donors (Lipinski definition) is 0. The lowest BCUT2D eigenvalue weighted by Gasteiger charge is -2.19. The summed E-state index contributed by atoms with van der Waals surface area (Å²) in [5, 5.41) is 2.15. The van der Waals surface area contributed by atoms with Crippen LogP contribution in [0, 0.1) is 0 Å². The van der Waals surface area contributed by atoms with Gasteiger partial charge in [-0.2, -0.15) is 0 Å². The summed E-state index contributed by atoms with van der Waals surface area (Å²) in [6, 6.07) is 0. The SMILES string of the molecule is C1=C(C2=CSCCS2)OCCO1. The lowest BCUT2D eigenvalue weighted by atomic mass is 10.5. The molecule has 0 aromatic carbocycles. The summed E-state index contributed by atoms with van der Waals surface area (Å²) in [6.45, 7) is 1.35. The van der Waals surface area contributed by atoms with E-state index in [1.807, 2.05) is 23.5 Å². The van der Waals surface area contributed by atoms with Crippen molar-refractivity contribution in [3.8, 4) is 0 Å². The van der Waals surface area contributed by atoms with Crippen LogP contribution in [0.3, 0.4) is 0 Å². The summed E-state index contributed by atoms with van der Waals surface area (Å²) in [6.07, 6.45) is 1.72. The van der Waals surface area contributed by atoms with Crippen molar-refractivity contribution in [1.29, 1.82) is 0 Å². The van der Waals surface area contributed by atoms with E-state index < -0.39 is 0 Å². The van der Waals surface area contributed by atoms with Crippen LogP contribution in [-0.4, -0.2) is 24.7 Å². The molecule has 0 aromatic heterocycles. The predicted molar refractivity (Wildman–Crippen MR) is 53.0 cm³/mol. The van der Waals surface area contributed by atoms with Crippen molar-refractivity contribution >= 4 is 23.5 Å². The van der Waals surface area contributed by atoms with Gasteiger partial charge in [0.05, 0.1) is 4.91 Å². The monoisotopic (exact) mass is 202 g/mol. The van der Waals surface area contributed by atoms with Gasteiger partial charge in [-0.15, -0.1) is 23.5 Å². The van der Waals surface area contributed by atoms with Crippen LogP contribution in [0.1, 0.15) is 0 Å². The van der Waals surface area contributed by atoms with Crippen molar-refractivity contribution in [2.45, 2.75) is 0 Å². The highest BCUT2D eigenvalue weighted by Crippen LogP contribution is 2.33. The van der Waals surface area contributed by atoms with Gasteiger partial charge in [0, 0.05) is 11.5 Å². The van der Waals surface area contributed by atoms with Crippen molar-refractivity contribution in [2.24, 2.45) is 0 Å². The molecule has 0 aliphatic carbocycles. The van der Waals surface area contributed by atoms with E-state index in [0.717, 1.165) is 11.5 Å². The van der Waals surface area contributed by atoms with Crippen LogP contribution in [0.5, 0.6) is 0 Å². The third kappa shape index (κ3) is 1.93. The third-order valence-corrected chi connectivity index (χ3v) is 3.83. The van der Waals surface area contributed by atoms with Crippen LogP contribution in [0.15, 0.2) is 22.3 Å². The van der Waals surface area contributed by atoms with Crippen LogP contribution >= 0.6 is 23.5 Å². The minimum atomic E-state index is 0.675. The zero-order valence-corrected chi connectivity index (χ0v) is 8.25. The molecule has 0 aromatic rings. The molecule has 0 atom stereocenters. The van der Waals surface area contributed by atoms with Gasteiger partial charge >= 0.3 is 0 Å². The second kappa shape index (κ2) is 4.14. The van der Waals surface area contributed by atoms with Crippen molar-refractivity contribution in [1.82, 2.24) is 0 Å². The van der Waals surface area contributed by atoms with Crippen LogP contribution in [0.4, 0.5) is 0 Å². The average Bonchev–Trinajstić information content (AvgIpc) is 2.21. The molecule has 0 unspecified atom stereocenters. The Labute approximate surface area is 80.4 Å². The Morgan fingerprint density at radius 3 is 2.92 bits per heavy atom. The number of hydrogen-bond acceptors (Lipinski definition) is 4. The molecular weight excluding hydrogens is 192 g/mol. The minimum Gasteiger partial charge on any atom is -0.494 e. The molecule has 0 amide bonds. The maximum atomic E-state index is 5.45. The first-order valence-electron chi connectivity index (χ1n) is 3.86. The van der Waals surface area contributed by atoms with Crippen molar-refractivity contribution in [3.05, 3.63) is 22.3 Å². The van der Waals surface area contributed by atoms with Crippen LogP contribution < -0.4 is 0 Å². The fourth-order valence-electron chi connectivity index (χ4n) is 0.995. The fourth-order valence-corrected chi connectivity index (χ4v) is 3.04. The smallest absolute Gasteiger partial charge is 0.167 e. The average molecular weight is 202 g/mol. The molecule has 0 fully saturated rings. The van der Waals surface area contributed by atoms with Gasteiger partial charge in [-0.1, -0.05) is 0 Å². The zero-order chi connectivity index (χ0) is 8.23. The van der Waals surface area contributed by atoms with Gasteiger partial charge in [0.15, 0.2) is 5.76 Å². The van der Waals surface area contributed by atoms with E-state index in [-0.39, 0.29) is 0 Å². The Kier molecular flexibility index (Phi) is 2.89. The van der Waals surface area contributed by atoms with Crippen LogP contribution in [-0.2, 0) is 9.47 Å². The second-order valence-electron chi connectivity index (χ2n) is 2.40. The van der Waals surface area contributed by atoms with Crippen molar-refractivity contribution < 1.29 is 9.47 Å². The van der Waals surface area contributed by atoms with Gasteiger partial charge < -0.3 is 9.47 Å². The van der Waals surface area contributed by atoms with E-state index in [1.165, 1.54) is 10.7 Å². The molecule has 0 spiro atoms. The fraction of sp³-hybridized carbons (Fsp3) is 0.500. The number of rotatable bonds is 1. The molecule has 0 radical (unpaired) electrons. The van der Waals surface area contributed by atoms with Gasteiger partial charge in [-0.05, 0) is 5.41 Å². The highest BCUT2D eigenvalue weighted by molar-refractivity contribution is 8.09. The van der Waals surface area contributed by atoms with Gasteiger partial charge in [0.25, 0.3) is 0 Å². The summed E-state index contributed by atoms with van der Waals surface area (Å²) in [5.41, 5.74) is 0. The molecule has 2 nitrogen and oxygen atoms in total. The Morgan fingerprint density at radius 2 is 2.25 bits per heavy atom. The van der Waals surface area contributed by atoms with Crippen LogP contribution in [0.25, 0.3) is 0 Å². The predicted octanol–water partition coefficient (Wildman–Crippen LogP) is 2.20. The lowest BCUT2D eigenvalue weighted by molar-refractivity contribution is 0.0913. The summed E-state index contributed by atoms with van der Waals surface area (Å²) < 4.78 is 10.6. The van der Waals surface area contributed by atoms with Crippen molar-refractivity contribution in [3.63, 3.8) is 0 Å². The highest BCUT2D eigenvalue weighted by atomic mass is 32.2. The first-order valence-corrected chi connectivity index (χ1v) is 5.90. The maximum Gasteiger partial charge on any atom is 0.167 e. The third-order valence-electron chi connectivity index (χ3n) is 1.54. The van der Waals surface area contributed by atoms with E-state index in [0.29, 0.717) is 13.2 Å². The van der Waals surface area contributed by atoms with E-state index in [4.69, 9.17) is 9.47 Å². The Hall–Kier alpha value is -0.220. The summed E-state index contributed by atoms with van der Waals surface area (Å²) in [4.78, 5) is 1.21. The van der Waals surface area contributed by atoms with Crippen LogP contribution in [0.2, 0.25) is 0 Å². The zero-order valence-electron chi connectivity index (χ0n) is 6.62. The first kappa shape index (κ1) is 8.38. The Morgan fingerprint density at radius 1 is 1.25 bits per heavy atom. The molecule has 2 heterocycles. The topological polar surface area (TPSA) is 18.5 Å². The maximum absolute atomic E-state index is 5.45. The Balaban J connectivity index is 2.06. The molecule has 12 heavy (non-hydrogen) atoms. The molecule has 2 aliphatic heterocycles. The molecule has 2 rings (SSSR count). The van der Waals surface area contributed by atoms with E-state index >= 15 is 0 Å². The van der Waals surface area contributed by atoms with Gasteiger partial charge in [0.1, 0.15) is 19.5 Å². The molecule has 0 bridgehead atoms. The van der Waals surface area contributed by atoms with E-state index in [1.54, 1.807) is 6.26 Å². The summed E-state index contributed by atoms with van der Waals surface area (Å²) in [7, 11) is 0.